The maximum absolute atomic E-state index is 13.7. The Morgan fingerprint density at radius 3 is 2.13 bits per heavy atom. The number of hydrogen-bond donors (Lipinski definition) is 1. The zero-order valence-electron chi connectivity index (χ0n) is 23.1. The van der Waals surface area contributed by atoms with Crippen molar-refractivity contribution < 1.29 is 19.1 Å². The minimum atomic E-state index is -2.01. The topological polar surface area (TPSA) is 92.6 Å². The lowest BCUT2D eigenvalue weighted by atomic mass is 9.74. The van der Waals surface area contributed by atoms with Gasteiger partial charge >= 0.3 is 5.97 Å². The number of carboxylic acid groups (broad SMARTS) is 1. The number of rotatable bonds is 9. The maximum Gasteiger partial charge on any atom is 0.306 e. The second kappa shape index (κ2) is 12.5. The van der Waals surface area contributed by atoms with E-state index in [0.717, 1.165) is 25.7 Å². The molecule has 0 bridgehead atoms. The first-order valence-corrected chi connectivity index (χ1v) is 16.8. The number of carboxylic acids is 1. The van der Waals surface area contributed by atoms with E-state index in [0.29, 0.717) is 24.8 Å². The lowest BCUT2D eigenvalue weighted by molar-refractivity contribution is -0.143. The quantitative estimate of drug-likeness (QED) is 0.245. The highest BCUT2D eigenvalue weighted by Gasteiger charge is 2.37. The molecule has 1 unspecified atom stereocenters. The highest BCUT2D eigenvalue weighted by atomic mass is 35.5. The summed E-state index contributed by atoms with van der Waals surface area (Å²) in [6.45, 7) is 13.4. The van der Waals surface area contributed by atoms with Crippen molar-refractivity contribution in [1.82, 2.24) is 9.97 Å². The lowest BCUT2D eigenvalue weighted by Gasteiger charge is -2.37. The Morgan fingerprint density at radius 1 is 1.08 bits per heavy atom. The van der Waals surface area contributed by atoms with Gasteiger partial charge in [-0.15, -0.1) is 0 Å². The molecule has 0 aliphatic heterocycles. The van der Waals surface area contributed by atoms with E-state index in [1.54, 1.807) is 11.8 Å². The van der Waals surface area contributed by atoms with E-state index in [2.05, 4.69) is 56.0 Å². The van der Waals surface area contributed by atoms with Crippen LogP contribution in [0.25, 0.3) is 0 Å². The average molecular weight is 581 g/mol. The van der Waals surface area contributed by atoms with Crippen molar-refractivity contribution in [3.8, 4) is 0 Å². The van der Waals surface area contributed by atoms with Gasteiger partial charge in [-0.3, -0.25) is 9.59 Å². The third kappa shape index (κ3) is 7.14. The lowest BCUT2D eigenvalue weighted by Crippen LogP contribution is -2.43. The molecule has 1 saturated carbocycles. The number of aliphatic carboxylic acids is 1. The standard InChI is InChI=1S/C28H39Cl2N3O4Si/c1-18(27(35)36)19-7-9-20(10-8-19)21-11-13-22(14-12-21)33(15-16-37-38(5,6)28(2,3)4)26(34)23-24(29)31-17-32-25(23)30/h11-14,17-20H,7-10,15-16H2,1-6H3,(H,35,36)/t18?,19-,20-. The van der Waals surface area contributed by atoms with Crippen LogP contribution in [-0.4, -0.2) is 48.4 Å². The summed E-state index contributed by atoms with van der Waals surface area (Å²) in [5, 5.41) is 9.41. The van der Waals surface area contributed by atoms with Gasteiger partial charge < -0.3 is 14.4 Å². The maximum atomic E-state index is 13.7. The molecule has 38 heavy (non-hydrogen) atoms. The fourth-order valence-corrected chi connectivity index (χ4v) is 6.20. The van der Waals surface area contributed by atoms with Crippen molar-refractivity contribution in [2.45, 2.75) is 77.4 Å². The molecule has 10 heteroatoms. The Kier molecular flexibility index (Phi) is 10.0. The largest absolute Gasteiger partial charge is 0.481 e. The number of aromatic nitrogens is 2. The number of carbonyl (C=O) groups is 2. The van der Waals surface area contributed by atoms with Gasteiger partial charge in [0.2, 0.25) is 0 Å². The molecule has 0 spiro atoms. The van der Waals surface area contributed by atoms with Crippen LogP contribution in [0.1, 0.15) is 75.2 Å². The van der Waals surface area contributed by atoms with Crippen molar-refractivity contribution >= 4 is 49.1 Å². The molecule has 1 aliphatic rings. The van der Waals surface area contributed by atoms with Gasteiger partial charge in [0.15, 0.2) is 8.32 Å². The molecule has 2 aromatic rings. The van der Waals surface area contributed by atoms with Gasteiger partial charge in [-0.25, -0.2) is 9.97 Å². The van der Waals surface area contributed by atoms with Crippen LogP contribution in [0.4, 0.5) is 5.69 Å². The fraction of sp³-hybridized carbons (Fsp3) is 0.571. The number of hydrogen-bond acceptors (Lipinski definition) is 5. The molecule has 7 nitrogen and oxygen atoms in total. The summed E-state index contributed by atoms with van der Waals surface area (Å²) < 4.78 is 6.36. The molecule has 1 aliphatic carbocycles. The summed E-state index contributed by atoms with van der Waals surface area (Å²) in [4.78, 5) is 34.6. The van der Waals surface area contributed by atoms with E-state index in [1.807, 2.05) is 12.1 Å². The van der Waals surface area contributed by atoms with Crippen LogP contribution in [0, 0.1) is 11.8 Å². The summed E-state index contributed by atoms with van der Waals surface area (Å²) >= 11 is 12.5. The van der Waals surface area contributed by atoms with Crippen molar-refractivity contribution in [3.05, 3.63) is 52.0 Å². The Labute approximate surface area is 237 Å². The first kappa shape index (κ1) is 30.5. The summed E-state index contributed by atoms with van der Waals surface area (Å²) in [5.74, 6) is -0.815. The molecular formula is C28H39Cl2N3O4Si. The van der Waals surface area contributed by atoms with E-state index in [1.165, 1.54) is 11.9 Å². The fourth-order valence-electron chi connectivity index (χ4n) is 4.69. The van der Waals surface area contributed by atoms with Gasteiger partial charge in [-0.05, 0) is 73.3 Å². The third-order valence-electron chi connectivity index (χ3n) is 8.34. The first-order chi connectivity index (χ1) is 17.7. The van der Waals surface area contributed by atoms with Crippen molar-refractivity contribution in [3.63, 3.8) is 0 Å². The van der Waals surface area contributed by atoms with Crippen LogP contribution in [0.15, 0.2) is 30.6 Å². The summed E-state index contributed by atoms with van der Waals surface area (Å²) in [7, 11) is -2.01. The van der Waals surface area contributed by atoms with E-state index >= 15 is 0 Å². The number of benzene rings is 1. The van der Waals surface area contributed by atoms with Crippen molar-refractivity contribution in [2.75, 3.05) is 18.1 Å². The molecule has 1 amide bonds. The molecule has 1 heterocycles. The van der Waals surface area contributed by atoms with Crippen LogP contribution in [0.3, 0.4) is 0 Å². The zero-order valence-corrected chi connectivity index (χ0v) is 25.6. The Morgan fingerprint density at radius 2 is 1.63 bits per heavy atom. The van der Waals surface area contributed by atoms with Gasteiger partial charge in [-0.2, -0.15) is 0 Å². The van der Waals surface area contributed by atoms with Crippen LogP contribution in [0.2, 0.25) is 28.4 Å². The van der Waals surface area contributed by atoms with Crippen LogP contribution < -0.4 is 4.90 Å². The molecule has 0 saturated heterocycles. The molecule has 208 valence electrons. The minimum Gasteiger partial charge on any atom is -0.481 e. The predicted molar refractivity (Wildman–Crippen MR) is 155 cm³/mol. The molecular weight excluding hydrogens is 541 g/mol. The van der Waals surface area contributed by atoms with Crippen LogP contribution >= 0.6 is 23.2 Å². The summed E-state index contributed by atoms with van der Waals surface area (Å²) in [6, 6.07) is 8.00. The van der Waals surface area contributed by atoms with Gasteiger partial charge in [0.25, 0.3) is 5.91 Å². The molecule has 3 rings (SSSR count). The number of nitrogens with zero attached hydrogens (tertiary/aromatic N) is 3. The Hall–Kier alpha value is -2.00. The zero-order chi connectivity index (χ0) is 28.3. The van der Waals surface area contributed by atoms with E-state index in [9.17, 15) is 14.7 Å². The van der Waals surface area contributed by atoms with Gasteiger partial charge in [0, 0.05) is 12.2 Å². The Balaban J connectivity index is 1.80. The average Bonchev–Trinajstić information content (AvgIpc) is 2.85. The molecule has 1 aromatic carbocycles. The molecule has 1 aromatic heterocycles. The SMILES string of the molecule is CC(C(=O)O)[C@H]1CC[C@H](c2ccc(N(CCO[Si](C)(C)C(C)(C)C)C(=O)c3c(Cl)ncnc3Cl)cc2)CC1. The second-order valence-corrected chi connectivity index (χ2v) is 17.3. The van der Waals surface area contributed by atoms with Gasteiger partial charge in [-0.1, -0.05) is 63.0 Å². The highest BCUT2D eigenvalue weighted by molar-refractivity contribution is 6.74. The number of carbonyl (C=O) groups excluding carboxylic acids is 1. The van der Waals surface area contributed by atoms with E-state index < -0.39 is 14.3 Å². The first-order valence-electron chi connectivity index (χ1n) is 13.2. The normalized spacial score (nSPS) is 19.2. The van der Waals surface area contributed by atoms with Gasteiger partial charge in [0.1, 0.15) is 22.2 Å². The third-order valence-corrected chi connectivity index (χ3v) is 13.5. The minimum absolute atomic E-state index is 0.00860. The smallest absolute Gasteiger partial charge is 0.306 e. The summed E-state index contributed by atoms with van der Waals surface area (Å²) in [5.41, 5.74) is 1.97. The summed E-state index contributed by atoms with van der Waals surface area (Å²) in [6.07, 6.45) is 4.95. The van der Waals surface area contributed by atoms with Crippen molar-refractivity contribution in [1.29, 1.82) is 0 Å². The van der Waals surface area contributed by atoms with Gasteiger partial charge in [0.05, 0.1) is 12.5 Å². The molecule has 1 fully saturated rings. The number of halogens is 2. The monoisotopic (exact) mass is 579 g/mol. The second-order valence-electron chi connectivity index (χ2n) is 11.7. The van der Waals surface area contributed by atoms with E-state index in [4.69, 9.17) is 27.6 Å². The van der Waals surface area contributed by atoms with E-state index in [-0.39, 0.29) is 38.7 Å². The van der Waals surface area contributed by atoms with Crippen LogP contribution in [-0.2, 0) is 9.22 Å². The Bertz CT molecular complexity index is 1110. The molecule has 0 radical (unpaired) electrons. The number of anilines is 1. The molecule has 1 atom stereocenters. The molecule has 1 N–H and O–H groups in total. The van der Waals surface area contributed by atoms with Crippen molar-refractivity contribution in [2.24, 2.45) is 11.8 Å². The van der Waals surface area contributed by atoms with Crippen LogP contribution in [0.5, 0.6) is 0 Å². The highest BCUT2D eigenvalue weighted by Crippen LogP contribution is 2.40. The predicted octanol–water partition coefficient (Wildman–Crippen LogP) is 7.45. The number of amides is 1.